The third kappa shape index (κ3) is 4.99. The lowest BCUT2D eigenvalue weighted by Crippen LogP contribution is -2.35. The molecular formula is C10H22N4O. The average Bonchev–Trinajstić information content (AvgIpc) is 2.26. The molecule has 1 saturated heterocycles. The van der Waals surface area contributed by atoms with Crippen LogP contribution < -0.4 is 10.8 Å². The van der Waals surface area contributed by atoms with Gasteiger partial charge in [-0.1, -0.05) is 0 Å². The lowest BCUT2D eigenvalue weighted by atomic mass is 9.94. The van der Waals surface area contributed by atoms with Crippen LogP contribution in [0.3, 0.4) is 0 Å². The molecule has 0 aromatic carbocycles. The van der Waals surface area contributed by atoms with Crippen molar-refractivity contribution in [1.29, 1.82) is 5.41 Å². The molecule has 88 valence electrons. The van der Waals surface area contributed by atoms with Crippen molar-refractivity contribution in [2.24, 2.45) is 5.92 Å². The van der Waals surface area contributed by atoms with Crippen LogP contribution in [0, 0.1) is 11.3 Å². The van der Waals surface area contributed by atoms with E-state index in [0.717, 1.165) is 12.3 Å². The molecule has 0 aromatic rings. The predicted molar refractivity (Wildman–Crippen MR) is 60.7 cm³/mol. The summed E-state index contributed by atoms with van der Waals surface area (Å²) in [5.41, 5.74) is 2.54. The first-order valence-corrected chi connectivity index (χ1v) is 5.55. The molecule has 5 heteroatoms. The van der Waals surface area contributed by atoms with Crippen molar-refractivity contribution in [1.82, 2.24) is 15.7 Å². The van der Waals surface area contributed by atoms with Crippen LogP contribution in [-0.2, 0) is 4.84 Å². The first kappa shape index (κ1) is 12.3. The van der Waals surface area contributed by atoms with Crippen LogP contribution in [0.4, 0.5) is 0 Å². The monoisotopic (exact) mass is 214 g/mol. The Morgan fingerprint density at radius 1 is 1.47 bits per heavy atom. The molecule has 0 aromatic heterocycles. The highest BCUT2D eigenvalue weighted by atomic mass is 16.6. The summed E-state index contributed by atoms with van der Waals surface area (Å²) in [5.74, 6) is 0.991. The lowest BCUT2D eigenvalue weighted by Gasteiger charge is -2.28. The summed E-state index contributed by atoms with van der Waals surface area (Å²) in [6, 6.07) is 0. The molecule has 3 N–H and O–H groups in total. The molecule has 0 amide bonds. The molecule has 0 spiro atoms. The van der Waals surface area contributed by atoms with Gasteiger partial charge in [0, 0.05) is 7.05 Å². The van der Waals surface area contributed by atoms with Gasteiger partial charge in [-0.2, -0.15) is 0 Å². The second kappa shape index (κ2) is 6.63. The highest BCUT2D eigenvalue weighted by Gasteiger charge is 2.16. The second-order valence-corrected chi connectivity index (χ2v) is 4.11. The first-order chi connectivity index (χ1) is 7.22. The Kier molecular flexibility index (Phi) is 5.42. The Balaban J connectivity index is 1.98. The summed E-state index contributed by atoms with van der Waals surface area (Å²) in [6.45, 7) is 3.08. The third-order valence-electron chi connectivity index (χ3n) is 2.89. The van der Waals surface area contributed by atoms with Crippen LogP contribution in [0.5, 0.6) is 0 Å². The van der Waals surface area contributed by atoms with E-state index < -0.39 is 0 Å². The largest absolute Gasteiger partial charge is 0.358 e. The average molecular weight is 214 g/mol. The molecule has 0 unspecified atom stereocenters. The number of guanidine groups is 1. The van der Waals surface area contributed by atoms with Crippen LogP contribution in [0.2, 0.25) is 0 Å². The van der Waals surface area contributed by atoms with Crippen molar-refractivity contribution in [3.05, 3.63) is 0 Å². The molecule has 15 heavy (non-hydrogen) atoms. The molecule has 1 rings (SSSR count). The van der Waals surface area contributed by atoms with E-state index in [1.54, 1.807) is 7.05 Å². The molecule has 0 radical (unpaired) electrons. The topological polar surface area (TPSA) is 60.4 Å². The van der Waals surface area contributed by atoms with Crippen molar-refractivity contribution >= 4 is 5.96 Å². The number of nitrogens with zero attached hydrogens (tertiary/aromatic N) is 1. The highest BCUT2D eigenvalue weighted by molar-refractivity contribution is 5.74. The van der Waals surface area contributed by atoms with Gasteiger partial charge >= 0.3 is 0 Å². The molecule has 1 heterocycles. The maximum Gasteiger partial charge on any atom is 0.212 e. The number of hydrogen-bond donors (Lipinski definition) is 3. The zero-order chi connectivity index (χ0) is 11.1. The van der Waals surface area contributed by atoms with E-state index in [1.807, 2.05) is 0 Å². The summed E-state index contributed by atoms with van der Waals surface area (Å²) < 4.78 is 0. The van der Waals surface area contributed by atoms with Gasteiger partial charge in [0.2, 0.25) is 5.96 Å². The van der Waals surface area contributed by atoms with Crippen LogP contribution in [0.15, 0.2) is 0 Å². The van der Waals surface area contributed by atoms with E-state index in [4.69, 9.17) is 10.2 Å². The van der Waals surface area contributed by atoms with Gasteiger partial charge in [0.05, 0.1) is 6.61 Å². The van der Waals surface area contributed by atoms with E-state index in [0.29, 0.717) is 6.61 Å². The molecule has 0 saturated carbocycles. The van der Waals surface area contributed by atoms with E-state index in [2.05, 4.69) is 22.7 Å². The quantitative estimate of drug-likeness (QED) is 0.274. The van der Waals surface area contributed by atoms with Gasteiger partial charge in [0.25, 0.3) is 0 Å². The number of nitrogens with one attached hydrogen (secondary N) is 3. The maximum atomic E-state index is 7.23. The number of piperidine rings is 1. The zero-order valence-corrected chi connectivity index (χ0v) is 9.68. The number of rotatable bonds is 4. The zero-order valence-electron chi connectivity index (χ0n) is 9.68. The fourth-order valence-electron chi connectivity index (χ4n) is 1.75. The summed E-state index contributed by atoms with van der Waals surface area (Å²) in [6.07, 6.45) is 3.62. The first-order valence-electron chi connectivity index (χ1n) is 5.55. The highest BCUT2D eigenvalue weighted by Crippen LogP contribution is 2.18. The molecule has 0 bridgehead atoms. The Morgan fingerprint density at radius 3 is 2.73 bits per heavy atom. The minimum atomic E-state index is 0.207. The number of likely N-dealkylation sites (tertiary alicyclic amines) is 1. The van der Waals surface area contributed by atoms with Gasteiger partial charge in [-0.15, -0.1) is 0 Å². The van der Waals surface area contributed by atoms with Crippen molar-refractivity contribution in [3.8, 4) is 0 Å². The minimum Gasteiger partial charge on any atom is -0.358 e. The van der Waals surface area contributed by atoms with E-state index >= 15 is 0 Å². The molecule has 0 aliphatic carbocycles. The molecule has 5 nitrogen and oxygen atoms in total. The number of hydrogen-bond acceptors (Lipinski definition) is 3. The minimum absolute atomic E-state index is 0.207. The standard InChI is InChI=1S/C10H22N4O/c1-12-10(11)13-15-8-5-9-3-6-14(2)7-4-9/h9H,3-8H2,1-2H3,(H3,11,12,13). The van der Waals surface area contributed by atoms with E-state index in [1.165, 1.54) is 25.9 Å². The second-order valence-electron chi connectivity index (χ2n) is 4.11. The van der Waals surface area contributed by atoms with Crippen molar-refractivity contribution in [2.75, 3.05) is 33.8 Å². The van der Waals surface area contributed by atoms with Crippen molar-refractivity contribution in [2.45, 2.75) is 19.3 Å². The third-order valence-corrected chi connectivity index (χ3v) is 2.89. The Labute approximate surface area is 91.6 Å². The molecule has 0 atom stereocenters. The lowest BCUT2D eigenvalue weighted by molar-refractivity contribution is 0.0633. The van der Waals surface area contributed by atoms with Gasteiger partial charge in [0.15, 0.2) is 0 Å². The van der Waals surface area contributed by atoms with Crippen molar-refractivity contribution < 1.29 is 4.84 Å². The summed E-state index contributed by atoms with van der Waals surface area (Å²) >= 11 is 0. The van der Waals surface area contributed by atoms with Gasteiger partial charge in [-0.3, -0.25) is 10.2 Å². The fourth-order valence-corrected chi connectivity index (χ4v) is 1.75. The Bertz CT molecular complexity index is 190. The van der Waals surface area contributed by atoms with Crippen LogP contribution >= 0.6 is 0 Å². The van der Waals surface area contributed by atoms with Crippen LogP contribution in [0.1, 0.15) is 19.3 Å². The van der Waals surface area contributed by atoms with Crippen molar-refractivity contribution in [3.63, 3.8) is 0 Å². The molecule has 1 fully saturated rings. The SMILES string of the molecule is CNC(=N)NOCCC1CCN(C)CC1. The number of hydroxylamine groups is 1. The Morgan fingerprint density at radius 2 is 2.13 bits per heavy atom. The van der Waals surface area contributed by atoms with E-state index in [-0.39, 0.29) is 5.96 Å². The van der Waals surface area contributed by atoms with Gasteiger partial charge in [0.1, 0.15) is 0 Å². The summed E-state index contributed by atoms with van der Waals surface area (Å²) in [7, 11) is 3.86. The fraction of sp³-hybridized carbons (Fsp3) is 0.900. The molecule has 1 aliphatic rings. The molecule has 1 aliphatic heterocycles. The van der Waals surface area contributed by atoms with E-state index in [9.17, 15) is 0 Å². The van der Waals surface area contributed by atoms with Gasteiger partial charge in [-0.25, -0.2) is 5.48 Å². The van der Waals surface area contributed by atoms with Crippen LogP contribution in [-0.4, -0.2) is 44.7 Å². The Hall–Kier alpha value is -0.810. The maximum absolute atomic E-state index is 7.23. The van der Waals surface area contributed by atoms with Gasteiger partial charge < -0.3 is 10.2 Å². The van der Waals surface area contributed by atoms with Crippen LogP contribution in [0.25, 0.3) is 0 Å². The smallest absolute Gasteiger partial charge is 0.212 e. The van der Waals surface area contributed by atoms with Gasteiger partial charge in [-0.05, 0) is 45.3 Å². The predicted octanol–water partition coefficient (Wildman–Crippen LogP) is 0.394. The summed E-state index contributed by atoms with van der Waals surface area (Å²) in [4.78, 5) is 7.53. The summed E-state index contributed by atoms with van der Waals surface area (Å²) in [5, 5.41) is 9.88. The molecular weight excluding hydrogens is 192 g/mol. The normalized spacial score (nSPS) is 18.8.